The third-order valence-corrected chi connectivity index (χ3v) is 2.45. The minimum absolute atomic E-state index is 0.216. The first-order valence-electron chi connectivity index (χ1n) is 5.84. The van der Waals surface area contributed by atoms with Gasteiger partial charge in [0.05, 0.1) is 25.2 Å². The molecule has 2 rings (SSSR count). The second-order valence-electron chi connectivity index (χ2n) is 4.49. The molecule has 0 unspecified atom stereocenters. The highest BCUT2D eigenvalue weighted by atomic mass is 16.7. The molecule has 0 aromatic carbocycles. The Balaban J connectivity index is 2.15. The number of anilines is 1. The molecular weight excluding hydrogens is 264 g/mol. The molecule has 1 N–H and O–H groups in total. The molecule has 0 bridgehead atoms. The number of ether oxygens (including phenoxy) is 3. The predicted molar refractivity (Wildman–Crippen MR) is 68.8 cm³/mol. The van der Waals surface area contributed by atoms with Crippen LogP contribution in [0.25, 0.3) is 0 Å². The Bertz CT molecular complexity index is 558. The largest absolute Gasteiger partial charge is 0.495 e. The van der Waals surface area contributed by atoms with Crippen LogP contribution in [0, 0.1) is 0 Å². The van der Waals surface area contributed by atoms with Crippen LogP contribution in [-0.4, -0.2) is 29.8 Å². The third kappa shape index (κ3) is 3.05. The predicted octanol–water partition coefficient (Wildman–Crippen LogP) is 1.22. The number of aromatic nitrogens is 1. The zero-order valence-corrected chi connectivity index (χ0v) is 11.3. The van der Waals surface area contributed by atoms with E-state index in [-0.39, 0.29) is 5.57 Å². The number of nitrogens with one attached hydrogen (secondary N) is 1. The molecular formula is C13H14N2O5. The lowest BCUT2D eigenvalue weighted by Crippen LogP contribution is -2.42. The van der Waals surface area contributed by atoms with Gasteiger partial charge in [-0.2, -0.15) is 0 Å². The van der Waals surface area contributed by atoms with E-state index >= 15 is 0 Å². The van der Waals surface area contributed by atoms with E-state index in [1.165, 1.54) is 39.6 Å². The van der Waals surface area contributed by atoms with Crippen molar-refractivity contribution in [1.29, 1.82) is 0 Å². The normalized spacial score (nSPS) is 17.1. The van der Waals surface area contributed by atoms with E-state index in [2.05, 4.69) is 10.3 Å². The Labute approximate surface area is 115 Å². The van der Waals surface area contributed by atoms with E-state index < -0.39 is 17.7 Å². The quantitative estimate of drug-likeness (QED) is 0.505. The number of hydrogen-bond acceptors (Lipinski definition) is 7. The minimum atomic E-state index is -1.25. The Morgan fingerprint density at radius 1 is 1.25 bits per heavy atom. The van der Waals surface area contributed by atoms with Crippen molar-refractivity contribution >= 4 is 17.6 Å². The number of methoxy groups -OCH3 is 1. The third-order valence-electron chi connectivity index (χ3n) is 2.45. The van der Waals surface area contributed by atoms with Crippen LogP contribution in [0.4, 0.5) is 5.69 Å². The van der Waals surface area contributed by atoms with Crippen LogP contribution in [0.1, 0.15) is 13.8 Å². The van der Waals surface area contributed by atoms with E-state index in [0.717, 1.165) is 0 Å². The van der Waals surface area contributed by atoms with Gasteiger partial charge in [0.1, 0.15) is 5.75 Å². The van der Waals surface area contributed by atoms with E-state index in [1.807, 2.05) is 0 Å². The summed E-state index contributed by atoms with van der Waals surface area (Å²) in [5, 5.41) is 2.77. The minimum Gasteiger partial charge on any atom is -0.495 e. The molecule has 7 nitrogen and oxygen atoms in total. The summed E-state index contributed by atoms with van der Waals surface area (Å²) in [7, 11) is 1.51. The van der Waals surface area contributed by atoms with Gasteiger partial charge in [-0.15, -0.1) is 0 Å². The van der Waals surface area contributed by atoms with Gasteiger partial charge in [-0.3, -0.25) is 4.98 Å². The molecule has 20 heavy (non-hydrogen) atoms. The lowest BCUT2D eigenvalue weighted by Gasteiger charge is -2.29. The van der Waals surface area contributed by atoms with Crippen LogP contribution in [0.3, 0.4) is 0 Å². The Kier molecular flexibility index (Phi) is 3.60. The molecule has 1 fully saturated rings. The summed E-state index contributed by atoms with van der Waals surface area (Å²) in [4.78, 5) is 27.3. The molecule has 106 valence electrons. The molecule has 1 saturated heterocycles. The number of esters is 2. The summed E-state index contributed by atoms with van der Waals surface area (Å²) in [5.74, 6) is -2.18. The van der Waals surface area contributed by atoms with Crippen LogP contribution in [0.5, 0.6) is 5.75 Å². The fourth-order valence-electron chi connectivity index (χ4n) is 1.54. The second-order valence-corrected chi connectivity index (χ2v) is 4.49. The van der Waals surface area contributed by atoms with Crippen molar-refractivity contribution in [2.75, 3.05) is 12.4 Å². The fourth-order valence-corrected chi connectivity index (χ4v) is 1.54. The molecule has 0 amide bonds. The standard InChI is InChI=1S/C13H14N2O5/c1-13(2)19-11(16)10(12(17)20-13)7-15-8-4-9(18-3)6-14-5-8/h4-7,15H,1-3H3. The summed E-state index contributed by atoms with van der Waals surface area (Å²) in [6, 6.07) is 1.66. The molecule has 0 atom stereocenters. The van der Waals surface area contributed by atoms with Crippen molar-refractivity contribution in [2.45, 2.75) is 19.6 Å². The number of carbonyl (C=O) groups excluding carboxylic acids is 2. The molecule has 2 heterocycles. The van der Waals surface area contributed by atoms with E-state index in [9.17, 15) is 9.59 Å². The summed E-state index contributed by atoms with van der Waals surface area (Å²) in [6.07, 6.45) is 4.27. The first-order chi connectivity index (χ1) is 9.41. The Morgan fingerprint density at radius 3 is 2.50 bits per heavy atom. The van der Waals surface area contributed by atoms with Crippen molar-refractivity contribution in [1.82, 2.24) is 4.98 Å². The first kappa shape index (κ1) is 13.9. The van der Waals surface area contributed by atoms with Gasteiger partial charge in [-0.05, 0) is 0 Å². The molecule has 1 aromatic heterocycles. The molecule has 1 aromatic rings. The van der Waals surface area contributed by atoms with Crippen LogP contribution in [-0.2, 0) is 19.1 Å². The topological polar surface area (TPSA) is 86.8 Å². The maximum absolute atomic E-state index is 11.7. The lowest BCUT2D eigenvalue weighted by molar-refractivity contribution is -0.222. The summed E-state index contributed by atoms with van der Waals surface area (Å²) in [6.45, 7) is 2.97. The van der Waals surface area contributed by atoms with Gasteiger partial charge in [0, 0.05) is 26.1 Å². The van der Waals surface area contributed by atoms with Gasteiger partial charge in [0.25, 0.3) is 5.79 Å². The van der Waals surface area contributed by atoms with Crippen molar-refractivity contribution in [3.63, 3.8) is 0 Å². The van der Waals surface area contributed by atoms with Gasteiger partial charge in [-0.1, -0.05) is 0 Å². The van der Waals surface area contributed by atoms with Gasteiger partial charge in [0.2, 0.25) is 0 Å². The van der Waals surface area contributed by atoms with Crippen LogP contribution in [0.2, 0.25) is 0 Å². The maximum atomic E-state index is 11.7. The van der Waals surface area contributed by atoms with Crippen molar-refractivity contribution in [2.24, 2.45) is 0 Å². The van der Waals surface area contributed by atoms with Gasteiger partial charge in [-0.25, -0.2) is 9.59 Å². The smallest absolute Gasteiger partial charge is 0.350 e. The lowest BCUT2D eigenvalue weighted by atomic mass is 10.2. The molecule has 7 heteroatoms. The number of hydrogen-bond donors (Lipinski definition) is 1. The molecule has 1 aliphatic heterocycles. The average Bonchev–Trinajstić information content (AvgIpc) is 2.36. The first-order valence-corrected chi connectivity index (χ1v) is 5.84. The zero-order chi connectivity index (χ0) is 14.8. The maximum Gasteiger partial charge on any atom is 0.350 e. The zero-order valence-electron chi connectivity index (χ0n) is 11.3. The fraction of sp³-hybridized carbons (Fsp3) is 0.308. The Hall–Kier alpha value is -2.57. The number of carbonyl (C=O) groups is 2. The molecule has 0 spiro atoms. The average molecular weight is 278 g/mol. The van der Waals surface area contributed by atoms with Crippen LogP contribution < -0.4 is 10.1 Å². The van der Waals surface area contributed by atoms with Gasteiger partial charge < -0.3 is 19.5 Å². The highest BCUT2D eigenvalue weighted by Crippen LogP contribution is 2.23. The van der Waals surface area contributed by atoms with Crippen molar-refractivity contribution in [3.05, 3.63) is 30.2 Å². The summed E-state index contributed by atoms with van der Waals surface area (Å²) >= 11 is 0. The number of nitrogens with zero attached hydrogens (tertiary/aromatic N) is 1. The number of rotatable bonds is 3. The number of pyridine rings is 1. The van der Waals surface area contributed by atoms with Crippen molar-refractivity contribution < 1.29 is 23.8 Å². The highest BCUT2D eigenvalue weighted by Gasteiger charge is 2.38. The van der Waals surface area contributed by atoms with Crippen LogP contribution in [0.15, 0.2) is 30.2 Å². The Morgan fingerprint density at radius 2 is 1.90 bits per heavy atom. The van der Waals surface area contributed by atoms with Gasteiger partial charge in [0.15, 0.2) is 5.57 Å². The van der Waals surface area contributed by atoms with E-state index in [4.69, 9.17) is 14.2 Å². The van der Waals surface area contributed by atoms with Gasteiger partial charge >= 0.3 is 11.9 Å². The summed E-state index contributed by atoms with van der Waals surface area (Å²) in [5.41, 5.74) is 0.342. The molecule has 1 aliphatic rings. The van der Waals surface area contributed by atoms with Crippen LogP contribution >= 0.6 is 0 Å². The van der Waals surface area contributed by atoms with Crippen molar-refractivity contribution in [3.8, 4) is 5.75 Å². The second kappa shape index (κ2) is 5.20. The van der Waals surface area contributed by atoms with E-state index in [0.29, 0.717) is 11.4 Å². The molecule has 0 radical (unpaired) electrons. The van der Waals surface area contributed by atoms with E-state index in [1.54, 1.807) is 6.07 Å². The number of cyclic esters (lactones) is 2. The highest BCUT2D eigenvalue weighted by molar-refractivity contribution is 6.15. The summed E-state index contributed by atoms with van der Waals surface area (Å²) < 4.78 is 14.9. The molecule has 0 aliphatic carbocycles. The monoisotopic (exact) mass is 278 g/mol. The molecule has 0 saturated carbocycles. The SMILES string of the molecule is COc1cncc(NC=C2C(=O)OC(C)(C)OC2=O)c1.